The van der Waals surface area contributed by atoms with Crippen LogP contribution in [0.2, 0.25) is 0 Å². The number of carboxylic acids is 1. The van der Waals surface area contributed by atoms with Crippen LogP contribution in [0.15, 0.2) is 89.7 Å². The number of hydrogen-bond acceptors (Lipinski definition) is 6. The number of benzene rings is 3. The molecule has 7 nitrogen and oxygen atoms in total. The summed E-state index contributed by atoms with van der Waals surface area (Å²) in [7, 11) is 4.22. The third kappa shape index (κ3) is 7.28. The van der Waals surface area contributed by atoms with E-state index in [-0.39, 0.29) is 0 Å². The van der Waals surface area contributed by atoms with Crippen LogP contribution >= 0.6 is 0 Å². The summed E-state index contributed by atoms with van der Waals surface area (Å²) in [5.41, 5.74) is 3.58. The van der Waals surface area contributed by atoms with Crippen molar-refractivity contribution in [3.63, 3.8) is 0 Å². The minimum absolute atomic E-state index is 0.320. The first kappa shape index (κ1) is 25.2. The lowest BCUT2D eigenvalue weighted by Gasteiger charge is -2.20. The zero-order valence-electron chi connectivity index (χ0n) is 20.6. The summed E-state index contributed by atoms with van der Waals surface area (Å²) in [6.45, 7) is 3.61. The monoisotopic (exact) mass is 485 g/mol. The van der Waals surface area contributed by atoms with Crippen molar-refractivity contribution in [2.45, 2.75) is 19.5 Å². The van der Waals surface area contributed by atoms with E-state index < -0.39 is 5.97 Å². The van der Waals surface area contributed by atoms with E-state index in [9.17, 15) is 4.79 Å². The molecule has 0 saturated heterocycles. The zero-order valence-corrected chi connectivity index (χ0v) is 20.6. The maximum atomic E-state index is 11.0. The minimum atomic E-state index is -0.894. The van der Waals surface area contributed by atoms with Gasteiger partial charge in [0.2, 0.25) is 5.89 Å². The van der Waals surface area contributed by atoms with Crippen LogP contribution < -0.4 is 4.74 Å². The van der Waals surface area contributed by atoms with Crippen molar-refractivity contribution >= 4 is 5.97 Å². The minimum Gasteiger partial charge on any atom is -0.478 e. The van der Waals surface area contributed by atoms with Crippen molar-refractivity contribution in [1.29, 1.82) is 0 Å². The molecule has 36 heavy (non-hydrogen) atoms. The molecule has 0 aliphatic heterocycles. The summed E-state index contributed by atoms with van der Waals surface area (Å²) < 4.78 is 11.3. The fourth-order valence-corrected chi connectivity index (χ4v) is 3.98. The van der Waals surface area contributed by atoms with Crippen LogP contribution in [-0.4, -0.2) is 53.0 Å². The number of hydrogen-bond donors (Lipinski definition) is 1. The Kier molecular flexibility index (Phi) is 8.49. The highest BCUT2D eigenvalue weighted by atomic mass is 16.5. The first-order valence-electron chi connectivity index (χ1n) is 11.9. The van der Waals surface area contributed by atoms with Gasteiger partial charge in [-0.25, -0.2) is 9.78 Å². The number of carboxylic acid groups (broad SMARTS) is 1. The van der Waals surface area contributed by atoms with Gasteiger partial charge in [0.25, 0.3) is 0 Å². The van der Waals surface area contributed by atoms with E-state index in [4.69, 9.17) is 14.3 Å². The van der Waals surface area contributed by atoms with E-state index in [1.165, 1.54) is 5.56 Å². The first-order chi connectivity index (χ1) is 17.5. The van der Waals surface area contributed by atoms with Crippen molar-refractivity contribution in [2.75, 3.05) is 27.2 Å². The Morgan fingerprint density at radius 2 is 1.36 bits per heavy atom. The predicted molar refractivity (Wildman–Crippen MR) is 139 cm³/mol. The molecule has 1 aromatic heterocycles. The second-order valence-corrected chi connectivity index (χ2v) is 8.94. The van der Waals surface area contributed by atoms with Gasteiger partial charge in [0.15, 0.2) is 0 Å². The van der Waals surface area contributed by atoms with Crippen LogP contribution in [0.25, 0.3) is 11.5 Å². The molecule has 7 heteroatoms. The molecular formula is C29H31N3O4. The molecule has 4 rings (SSSR count). The number of ether oxygens (including phenoxy) is 1. The van der Waals surface area contributed by atoms with Crippen molar-refractivity contribution in [2.24, 2.45) is 0 Å². The molecule has 0 fully saturated rings. The number of rotatable bonds is 12. The number of aromatic nitrogens is 1. The molecule has 0 spiro atoms. The van der Waals surface area contributed by atoms with Gasteiger partial charge in [-0.1, -0.05) is 24.3 Å². The maximum Gasteiger partial charge on any atom is 0.335 e. The van der Waals surface area contributed by atoms with Gasteiger partial charge in [-0.15, -0.1) is 0 Å². The molecule has 0 bridgehead atoms. The number of carbonyl (C=O) groups is 1. The highest BCUT2D eigenvalue weighted by Gasteiger charge is 2.07. The van der Waals surface area contributed by atoms with Crippen LogP contribution in [0, 0.1) is 0 Å². The fourth-order valence-electron chi connectivity index (χ4n) is 3.98. The SMILES string of the molecule is CN(CCCN(C)Cc1ccc(C(=O)O)cc1)Cc1ccc(Oc2ccc(-c3ncco3)cc2)cc1. The maximum absolute atomic E-state index is 11.0. The molecule has 0 aliphatic carbocycles. The van der Waals surface area contributed by atoms with Gasteiger partial charge in [0, 0.05) is 18.7 Å². The smallest absolute Gasteiger partial charge is 0.335 e. The summed E-state index contributed by atoms with van der Waals surface area (Å²) in [4.78, 5) is 19.7. The highest BCUT2D eigenvalue weighted by molar-refractivity contribution is 5.87. The third-order valence-corrected chi connectivity index (χ3v) is 5.88. The Bertz CT molecular complexity index is 1220. The van der Waals surface area contributed by atoms with E-state index in [1.807, 2.05) is 48.5 Å². The van der Waals surface area contributed by atoms with Crippen molar-refractivity contribution < 1.29 is 19.1 Å². The first-order valence-corrected chi connectivity index (χ1v) is 11.9. The van der Waals surface area contributed by atoms with Crippen molar-refractivity contribution in [1.82, 2.24) is 14.8 Å². The van der Waals surface area contributed by atoms with Crippen molar-refractivity contribution in [3.8, 4) is 23.0 Å². The zero-order chi connectivity index (χ0) is 25.3. The van der Waals surface area contributed by atoms with Gasteiger partial charge in [0.1, 0.15) is 17.8 Å². The molecule has 4 aromatic rings. The van der Waals surface area contributed by atoms with Gasteiger partial charge in [-0.2, -0.15) is 0 Å². The molecule has 1 heterocycles. The molecule has 0 aliphatic rings. The lowest BCUT2D eigenvalue weighted by Crippen LogP contribution is -2.25. The van der Waals surface area contributed by atoms with E-state index >= 15 is 0 Å². The predicted octanol–water partition coefficient (Wildman–Crippen LogP) is 5.79. The van der Waals surface area contributed by atoms with Crippen LogP contribution in [0.3, 0.4) is 0 Å². The average molecular weight is 486 g/mol. The summed E-state index contributed by atoms with van der Waals surface area (Å²) >= 11 is 0. The van der Waals surface area contributed by atoms with Gasteiger partial charge in [-0.3, -0.25) is 0 Å². The Morgan fingerprint density at radius 3 is 1.86 bits per heavy atom. The van der Waals surface area contributed by atoms with Crippen LogP contribution in [0.4, 0.5) is 0 Å². The molecule has 0 unspecified atom stereocenters. The average Bonchev–Trinajstić information content (AvgIpc) is 3.41. The van der Waals surface area contributed by atoms with E-state index in [0.29, 0.717) is 11.5 Å². The van der Waals surface area contributed by atoms with Gasteiger partial charge < -0.3 is 24.1 Å². The molecule has 0 radical (unpaired) electrons. The Hall–Kier alpha value is -3.94. The normalized spacial score (nSPS) is 11.2. The lowest BCUT2D eigenvalue weighted by atomic mass is 10.1. The van der Waals surface area contributed by atoms with E-state index in [0.717, 1.165) is 55.2 Å². The van der Waals surface area contributed by atoms with Crippen LogP contribution in [-0.2, 0) is 13.1 Å². The second kappa shape index (κ2) is 12.2. The number of nitrogens with zero attached hydrogens (tertiary/aromatic N) is 3. The number of oxazole rings is 1. The Labute approximate surface area is 211 Å². The lowest BCUT2D eigenvalue weighted by molar-refractivity contribution is 0.0697. The quantitative estimate of drug-likeness (QED) is 0.272. The Balaban J connectivity index is 1.18. The van der Waals surface area contributed by atoms with E-state index in [1.54, 1.807) is 24.6 Å². The highest BCUT2D eigenvalue weighted by Crippen LogP contribution is 2.25. The fraction of sp³-hybridized carbons (Fsp3) is 0.241. The third-order valence-electron chi connectivity index (χ3n) is 5.88. The molecule has 3 aromatic carbocycles. The van der Waals surface area contributed by atoms with Crippen molar-refractivity contribution in [3.05, 3.63) is 102 Å². The summed E-state index contributed by atoms with van der Waals surface area (Å²) in [5.74, 6) is 1.25. The topological polar surface area (TPSA) is 79.0 Å². The summed E-state index contributed by atoms with van der Waals surface area (Å²) in [5, 5.41) is 9.01. The molecular weight excluding hydrogens is 454 g/mol. The van der Waals surface area contributed by atoms with E-state index in [2.05, 4.69) is 41.0 Å². The second-order valence-electron chi connectivity index (χ2n) is 8.94. The van der Waals surface area contributed by atoms with Crippen LogP contribution in [0.5, 0.6) is 11.5 Å². The molecule has 1 N–H and O–H groups in total. The molecule has 186 valence electrons. The summed E-state index contributed by atoms with van der Waals surface area (Å²) in [6.07, 6.45) is 4.23. The standard InChI is InChI=1S/C29H31N3O4/c1-31(20-22-4-8-25(9-5-22)29(33)34)17-3-18-32(2)21-23-6-12-26(13-7-23)36-27-14-10-24(11-15-27)28-30-16-19-35-28/h4-16,19H,3,17-18,20-21H2,1-2H3,(H,33,34). The van der Waals surface area contributed by atoms with Gasteiger partial charge >= 0.3 is 5.97 Å². The Morgan fingerprint density at radius 1 is 0.833 bits per heavy atom. The van der Waals surface area contributed by atoms with Gasteiger partial charge in [0.05, 0.1) is 11.8 Å². The van der Waals surface area contributed by atoms with Gasteiger partial charge in [-0.05, 0) is 93.3 Å². The number of aromatic carboxylic acids is 1. The summed E-state index contributed by atoms with van der Waals surface area (Å²) in [6, 6.07) is 22.9. The van der Waals surface area contributed by atoms with Crippen LogP contribution in [0.1, 0.15) is 27.9 Å². The molecule has 0 saturated carbocycles. The largest absolute Gasteiger partial charge is 0.478 e. The molecule has 0 atom stereocenters. The molecule has 0 amide bonds.